The molecule has 0 N–H and O–H groups in total. The maximum atomic E-state index is 5.60. The molecule has 0 saturated heterocycles. The second kappa shape index (κ2) is 14.6. The molecule has 0 aromatic rings. The molecule has 1 heterocycles. The number of ether oxygens (including phenoxy) is 1. The van der Waals surface area contributed by atoms with Gasteiger partial charge >= 0.3 is 0 Å². The van der Waals surface area contributed by atoms with Gasteiger partial charge in [-0.25, -0.2) is 4.99 Å². The lowest BCUT2D eigenvalue weighted by Gasteiger charge is -2.07. The molecule has 146 valence electrons. The van der Waals surface area contributed by atoms with Gasteiger partial charge in [-0.05, 0) is 58.8 Å². The first-order chi connectivity index (χ1) is 12.6. The van der Waals surface area contributed by atoms with Crippen molar-refractivity contribution in [3.05, 3.63) is 48.6 Å². The highest BCUT2D eigenvalue weighted by Crippen LogP contribution is 2.19. The maximum absolute atomic E-state index is 5.60. The van der Waals surface area contributed by atoms with Gasteiger partial charge in [0, 0.05) is 6.42 Å². The highest BCUT2D eigenvalue weighted by atomic mass is 16.5. The van der Waals surface area contributed by atoms with Crippen LogP contribution < -0.4 is 0 Å². The van der Waals surface area contributed by atoms with Gasteiger partial charge in [-0.15, -0.1) is 0 Å². The van der Waals surface area contributed by atoms with E-state index in [-0.39, 0.29) is 5.54 Å². The van der Waals surface area contributed by atoms with Crippen molar-refractivity contribution in [2.45, 2.75) is 90.5 Å². The molecule has 0 bridgehead atoms. The van der Waals surface area contributed by atoms with Crippen molar-refractivity contribution >= 4 is 5.90 Å². The zero-order valence-corrected chi connectivity index (χ0v) is 17.3. The first-order valence-corrected chi connectivity index (χ1v) is 10.5. The van der Waals surface area contributed by atoms with Crippen LogP contribution in [0.25, 0.3) is 0 Å². The van der Waals surface area contributed by atoms with Crippen LogP contribution in [0.5, 0.6) is 0 Å². The van der Waals surface area contributed by atoms with Crippen LogP contribution >= 0.6 is 0 Å². The van der Waals surface area contributed by atoms with E-state index in [1.165, 1.54) is 25.7 Å². The predicted molar refractivity (Wildman–Crippen MR) is 116 cm³/mol. The van der Waals surface area contributed by atoms with E-state index < -0.39 is 0 Å². The summed E-state index contributed by atoms with van der Waals surface area (Å²) in [6.45, 7) is 7.21. The third kappa shape index (κ3) is 12.7. The molecular weight excluding hydrogens is 318 g/mol. The van der Waals surface area contributed by atoms with Gasteiger partial charge in [0.25, 0.3) is 0 Å². The molecule has 0 amide bonds. The Morgan fingerprint density at radius 3 is 1.85 bits per heavy atom. The summed E-state index contributed by atoms with van der Waals surface area (Å²) < 4.78 is 5.60. The third-order valence-electron chi connectivity index (χ3n) is 4.24. The van der Waals surface area contributed by atoms with E-state index in [4.69, 9.17) is 4.74 Å². The Hall–Kier alpha value is -1.57. The molecule has 26 heavy (non-hydrogen) atoms. The molecule has 0 aliphatic carbocycles. The highest BCUT2D eigenvalue weighted by molar-refractivity contribution is 5.78. The molecule has 2 heteroatoms. The summed E-state index contributed by atoms with van der Waals surface area (Å²) in [5.41, 5.74) is -0.0185. The summed E-state index contributed by atoms with van der Waals surface area (Å²) >= 11 is 0. The van der Waals surface area contributed by atoms with Crippen LogP contribution in [0.3, 0.4) is 0 Å². The molecule has 0 spiro atoms. The molecule has 0 unspecified atom stereocenters. The lowest BCUT2D eigenvalue weighted by Crippen LogP contribution is -2.17. The Balaban J connectivity index is 1.94. The van der Waals surface area contributed by atoms with Gasteiger partial charge in [-0.2, -0.15) is 0 Å². The van der Waals surface area contributed by atoms with Gasteiger partial charge in [-0.3, -0.25) is 0 Å². The molecule has 1 rings (SSSR count). The fourth-order valence-corrected chi connectivity index (χ4v) is 2.72. The SMILES string of the molecule is CCCCC/C=C\C/C=C\C/C=C\C/C=C\CCCC1=NC(C)(C)CO1. The van der Waals surface area contributed by atoms with Crippen LogP contribution in [0.15, 0.2) is 53.6 Å². The van der Waals surface area contributed by atoms with E-state index in [9.17, 15) is 0 Å². The zero-order chi connectivity index (χ0) is 18.9. The number of rotatable bonds is 14. The fraction of sp³-hybridized carbons (Fsp3) is 0.625. The van der Waals surface area contributed by atoms with Crippen molar-refractivity contribution in [3.8, 4) is 0 Å². The van der Waals surface area contributed by atoms with Crippen LogP contribution in [0.4, 0.5) is 0 Å². The van der Waals surface area contributed by atoms with Crippen molar-refractivity contribution in [2.75, 3.05) is 6.61 Å². The zero-order valence-electron chi connectivity index (χ0n) is 17.3. The average Bonchev–Trinajstić information content (AvgIpc) is 2.96. The molecular formula is C24H39NO. The minimum atomic E-state index is -0.0185. The van der Waals surface area contributed by atoms with E-state index in [0.29, 0.717) is 0 Å². The number of aliphatic imine (C=N–C) groups is 1. The topological polar surface area (TPSA) is 21.6 Å². The van der Waals surface area contributed by atoms with E-state index in [1.807, 2.05) is 0 Å². The summed E-state index contributed by atoms with van der Waals surface area (Å²) in [5.74, 6) is 0.936. The average molecular weight is 358 g/mol. The third-order valence-corrected chi connectivity index (χ3v) is 4.24. The Morgan fingerprint density at radius 1 is 0.808 bits per heavy atom. The molecule has 0 saturated carbocycles. The largest absolute Gasteiger partial charge is 0.478 e. The summed E-state index contributed by atoms with van der Waals surface area (Å²) in [7, 11) is 0. The van der Waals surface area contributed by atoms with E-state index in [2.05, 4.69) is 74.4 Å². The van der Waals surface area contributed by atoms with Crippen molar-refractivity contribution in [1.82, 2.24) is 0 Å². The highest BCUT2D eigenvalue weighted by Gasteiger charge is 2.25. The molecule has 1 aliphatic rings. The van der Waals surface area contributed by atoms with Crippen LogP contribution in [-0.4, -0.2) is 18.0 Å². The summed E-state index contributed by atoms with van der Waals surface area (Å²) in [5, 5.41) is 0. The molecule has 0 fully saturated rings. The molecule has 2 nitrogen and oxygen atoms in total. The Kier molecular flexibility index (Phi) is 12.6. The van der Waals surface area contributed by atoms with Gasteiger partial charge in [0.15, 0.2) is 5.90 Å². The fourth-order valence-electron chi connectivity index (χ4n) is 2.72. The van der Waals surface area contributed by atoms with Gasteiger partial charge < -0.3 is 4.74 Å². The molecule has 0 atom stereocenters. The minimum Gasteiger partial charge on any atom is -0.478 e. The normalized spacial score (nSPS) is 17.1. The summed E-state index contributed by atoms with van der Waals surface area (Å²) in [6, 6.07) is 0. The first-order valence-electron chi connectivity index (χ1n) is 10.5. The first kappa shape index (κ1) is 22.5. The van der Waals surface area contributed by atoms with Gasteiger partial charge in [0.2, 0.25) is 0 Å². The lowest BCUT2D eigenvalue weighted by atomic mass is 10.1. The maximum Gasteiger partial charge on any atom is 0.183 e. The van der Waals surface area contributed by atoms with Crippen LogP contribution in [0.2, 0.25) is 0 Å². The number of allylic oxidation sites excluding steroid dienone is 8. The minimum absolute atomic E-state index is 0.0185. The molecule has 0 aromatic heterocycles. The second-order valence-corrected chi connectivity index (χ2v) is 7.59. The van der Waals surface area contributed by atoms with E-state index in [1.54, 1.807) is 0 Å². The smallest absolute Gasteiger partial charge is 0.183 e. The molecule has 1 aliphatic heterocycles. The van der Waals surface area contributed by atoms with Crippen LogP contribution in [0.1, 0.15) is 85.0 Å². The number of nitrogens with zero attached hydrogens (tertiary/aromatic N) is 1. The second-order valence-electron chi connectivity index (χ2n) is 7.59. The monoisotopic (exact) mass is 357 g/mol. The quantitative estimate of drug-likeness (QED) is 0.235. The Labute approximate surface area is 161 Å². The number of unbranched alkanes of at least 4 members (excludes halogenated alkanes) is 4. The van der Waals surface area contributed by atoms with E-state index in [0.717, 1.165) is 51.0 Å². The van der Waals surface area contributed by atoms with Crippen LogP contribution in [0, 0.1) is 0 Å². The number of hydrogen-bond donors (Lipinski definition) is 0. The Morgan fingerprint density at radius 2 is 1.35 bits per heavy atom. The molecule has 0 aromatic carbocycles. The van der Waals surface area contributed by atoms with Gasteiger partial charge in [-0.1, -0.05) is 68.4 Å². The lowest BCUT2D eigenvalue weighted by molar-refractivity contribution is 0.273. The number of hydrogen-bond acceptors (Lipinski definition) is 2. The summed E-state index contributed by atoms with van der Waals surface area (Å²) in [4.78, 5) is 4.58. The van der Waals surface area contributed by atoms with E-state index >= 15 is 0 Å². The van der Waals surface area contributed by atoms with Crippen molar-refractivity contribution in [1.29, 1.82) is 0 Å². The van der Waals surface area contributed by atoms with Crippen molar-refractivity contribution in [2.24, 2.45) is 4.99 Å². The van der Waals surface area contributed by atoms with Crippen molar-refractivity contribution < 1.29 is 4.74 Å². The predicted octanol–water partition coefficient (Wildman–Crippen LogP) is 7.34. The van der Waals surface area contributed by atoms with Gasteiger partial charge in [0.1, 0.15) is 6.61 Å². The van der Waals surface area contributed by atoms with Crippen LogP contribution in [-0.2, 0) is 4.74 Å². The standard InChI is InChI=1S/C24H39NO/c1-4-5-6-7-8-9-10-11-12-13-14-15-16-17-18-19-20-21-23-25-24(2,3)22-26-23/h8-9,11-12,14-15,17-18H,4-7,10,13,16,19-22H2,1-3H3/b9-8-,12-11-,15-14-,18-17-. The molecule has 0 radical (unpaired) electrons. The van der Waals surface area contributed by atoms with Gasteiger partial charge in [0.05, 0.1) is 5.54 Å². The Bertz CT molecular complexity index is 494. The summed E-state index contributed by atoms with van der Waals surface area (Å²) in [6.07, 6.45) is 29.6. The van der Waals surface area contributed by atoms with Crippen molar-refractivity contribution in [3.63, 3.8) is 0 Å².